The Labute approximate surface area is 126 Å². The average Bonchev–Trinajstić information content (AvgIpc) is 2.41. The van der Waals surface area contributed by atoms with Gasteiger partial charge in [-0.1, -0.05) is 34.1 Å². The molecule has 20 heavy (non-hydrogen) atoms. The molecule has 0 aliphatic heterocycles. The van der Waals surface area contributed by atoms with Crippen molar-refractivity contribution in [3.8, 4) is 5.75 Å². The van der Waals surface area contributed by atoms with E-state index in [-0.39, 0.29) is 17.2 Å². The highest BCUT2D eigenvalue weighted by Gasteiger charge is 2.12. The lowest BCUT2D eigenvalue weighted by atomic mass is 10.1. The molecule has 1 amide bonds. The summed E-state index contributed by atoms with van der Waals surface area (Å²) in [5.41, 5.74) is 1.96. The zero-order chi connectivity index (χ0) is 14.5. The normalized spacial score (nSPS) is 10.3. The number of aromatic hydroxyl groups is 1. The number of carbonyl (C=O) groups is 1. The number of rotatable bonds is 4. The Bertz CT molecular complexity index is 629. The molecule has 0 aromatic heterocycles. The molecule has 0 saturated carbocycles. The Morgan fingerprint density at radius 1 is 1.25 bits per heavy atom. The predicted octanol–water partition coefficient (Wildman–Crippen LogP) is 3.13. The minimum Gasteiger partial charge on any atom is -0.507 e. The quantitative estimate of drug-likeness (QED) is 0.805. The van der Waals surface area contributed by atoms with Crippen LogP contribution in [0.15, 0.2) is 46.9 Å². The Morgan fingerprint density at radius 3 is 2.70 bits per heavy atom. The summed E-state index contributed by atoms with van der Waals surface area (Å²) >= 11 is 3.24. The van der Waals surface area contributed by atoms with Gasteiger partial charge >= 0.3 is 0 Å². The van der Waals surface area contributed by atoms with Gasteiger partial charge in [0.05, 0.1) is 5.56 Å². The first-order chi connectivity index (χ1) is 9.61. The molecule has 5 heteroatoms. The first-order valence-electron chi connectivity index (χ1n) is 6.14. The topological polar surface area (TPSA) is 61.4 Å². The van der Waals surface area contributed by atoms with E-state index in [1.54, 1.807) is 12.1 Å². The van der Waals surface area contributed by atoms with E-state index in [1.165, 1.54) is 6.07 Å². The molecule has 0 bridgehead atoms. The number of phenols is 1. The lowest BCUT2D eigenvalue weighted by Crippen LogP contribution is -2.15. The number of para-hydroxylation sites is 1. The lowest BCUT2D eigenvalue weighted by Gasteiger charge is -2.11. The standard InChI is InChI=1S/C15H15BrN2O2/c1-17-9-10-4-2-3-5-13(10)18-15(20)12-7-6-11(16)8-14(12)19/h2-8,17,19H,9H2,1H3,(H,18,20). The second kappa shape index (κ2) is 6.54. The second-order valence-corrected chi connectivity index (χ2v) is 5.22. The minimum absolute atomic E-state index is 0.0528. The average molecular weight is 335 g/mol. The van der Waals surface area contributed by atoms with Crippen molar-refractivity contribution in [1.29, 1.82) is 0 Å². The highest BCUT2D eigenvalue weighted by Crippen LogP contribution is 2.24. The van der Waals surface area contributed by atoms with Crippen molar-refractivity contribution in [3.63, 3.8) is 0 Å². The molecule has 0 aliphatic rings. The molecule has 4 nitrogen and oxygen atoms in total. The predicted molar refractivity (Wildman–Crippen MR) is 83.0 cm³/mol. The molecule has 0 saturated heterocycles. The molecule has 0 aliphatic carbocycles. The van der Waals surface area contributed by atoms with Crippen LogP contribution in [0.4, 0.5) is 5.69 Å². The highest BCUT2D eigenvalue weighted by molar-refractivity contribution is 9.10. The molecule has 0 unspecified atom stereocenters. The maximum atomic E-state index is 12.2. The van der Waals surface area contributed by atoms with Gasteiger partial charge in [0.25, 0.3) is 5.91 Å². The number of benzene rings is 2. The smallest absolute Gasteiger partial charge is 0.259 e. The van der Waals surface area contributed by atoms with E-state index in [4.69, 9.17) is 0 Å². The van der Waals surface area contributed by atoms with Gasteiger partial charge in [0, 0.05) is 16.7 Å². The summed E-state index contributed by atoms with van der Waals surface area (Å²) in [5.74, 6) is -0.387. The molecule has 2 aromatic rings. The van der Waals surface area contributed by atoms with Crippen LogP contribution in [0.2, 0.25) is 0 Å². The van der Waals surface area contributed by atoms with Crippen LogP contribution in [0.1, 0.15) is 15.9 Å². The monoisotopic (exact) mass is 334 g/mol. The largest absolute Gasteiger partial charge is 0.507 e. The van der Waals surface area contributed by atoms with E-state index >= 15 is 0 Å². The fourth-order valence-electron chi connectivity index (χ4n) is 1.87. The fourth-order valence-corrected chi connectivity index (χ4v) is 2.22. The molecule has 0 atom stereocenters. The third kappa shape index (κ3) is 3.37. The molecule has 0 radical (unpaired) electrons. The highest BCUT2D eigenvalue weighted by atomic mass is 79.9. The molecule has 2 rings (SSSR count). The maximum absolute atomic E-state index is 12.2. The third-order valence-electron chi connectivity index (χ3n) is 2.84. The van der Waals surface area contributed by atoms with Gasteiger partial charge in [-0.2, -0.15) is 0 Å². The van der Waals surface area contributed by atoms with E-state index in [1.807, 2.05) is 31.3 Å². The Hall–Kier alpha value is -1.85. The van der Waals surface area contributed by atoms with Gasteiger partial charge in [-0.05, 0) is 36.9 Å². The van der Waals surface area contributed by atoms with Crippen molar-refractivity contribution >= 4 is 27.5 Å². The van der Waals surface area contributed by atoms with E-state index in [2.05, 4.69) is 26.6 Å². The van der Waals surface area contributed by atoms with Crippen LogP contribution in [-0.2, 0) is 6.54 Å². The molecule has 2 aromatic carbocycles. The van der Waals surface area contributed by atoms with Crippen molar-refractivity contribution in [2.45, 2.75) is 6.54 Å². The van der Waals surface area contributed by atoms with Crippen LogP contribution in [0.5, 0.6) is 5.75 Å². The number of nitrogens with one attached hydrogen (secondary N) is 2. The zero-order valence-corrected chi connectivity index (χ0v) is 12.6. The summed E-state index contributed by atoms with van der Waals surface area (Å²) in [6.07, 6.45) is 0. The number of phenolic OH excluding ortho intramolecular Hbond substituents is 1. The summed E-state index contributed by atoms with van der Waals surface area (Å²) in [7, 11) is 1.85. The van der Waals surface area contributed by atoms with Crippen LogP contribution in [0, 0.1) is 0 Å². The van der Waals surface area contributed by atoms with Crippen molar-refractivity contribution in [2.24, 2.45) is 0 Å². The molecular weight excluding hydrogens is 320 g/mol. The van der Waals surface area contributed by atoms with Crippen molar-refractivity contribution in [2.75, 3.05) is 12.4 Å². The molecular formula is C15H15BrN2O2. The first kappa shape index (κ1) is 14.6. The molecule has 0 heterocycles. The van der Waals surface area contributed by atoms with Gasteiger partial charge in [0.2, 0.25) is 0 Å². The van der Waals surface area contributed by atoms with E-state index in [0.29, 0.717) is 6.54 Å². The summed E-state index contributed by atoms with van der Waals surface area (Å²) in [5, 5.41) is 15.7. The van der Waals surface area contributed by atoms with Crippen LogP contribution in [-0.4, -0.2) is 18.1 Å². The number of halogens is 1. The lowest BCUT2D eigenvalue weighted by molar-refractivity contribution is 0.102. The van der Waals surface area contributed by atoms with Gasteiger partial charge in [-0.3, -0.25) is 4.79 Å². The molecule has 0 spiro atoms. The summed E-state index contributed by atoms with van der Waals surface area (Å²) in [6, 6.07) is 12.3. The number of anilines is 1. The van der Waals surface area contributed by atoms with Crippen molar-refractivity contribution < 1.29 is 9.90 Å². The molecule has 104 valence electrons. The summed E-state index contributed by atoms with van der Waals surface area (Å²) in [4.78, 5) is 12.2. The Balaban J connectivity index is 2.23. The number of carbonyl (C=O) groups excluding carboxylic acids is 1. The van der Waals surface area contributed by atoms with Crippen LogP contribution < -0.4 is 10.6 Å². The van der Waals surface area contributed by atoms with E-state index in [0.717, 1.165) is 15.7 Å². The zero-order valence-electron chi connectivity index (χ0n) is 11.0. The fraction of sp³-hybridized carbons (Fsp3) is 0.133. The van der Waals surface area contributed by atoms with E-state index < -0.39 is 0 Å². The second-order valence-electron chi connectivity index (χ2n) is 4.30. The van der Waals surface area contributed by atoms with Crippen molar-refractivity contribution in [3.05, 3.63) is 58.1 Å². The van der Waals surface area contributed by atoms with Crippen molar-refractivity contribution in [1.82, 2.24) is 5.32 Å². The SMILES string of the molecule is CNCc1ccccc1NC(=O)c1ccc(Br)cc1O. The van der Waals surface area contributed by atoms with E-state index in [9.17, 15) is 9.90 Å². The van der Waals surface area contributed by atoms with Crippen LogP contribution >= 0.6 is 15.9 Å². The Morgan fingerprint density at radius 2 is 2.00 bits per heavy atom. The van der Waals surface area contributed by atoms with Crippen LogP contribution in [0.3, 0.4) is 0 Å². The van der Waals surface area contributed by atoms with Gasteiger partial charge in [-0.25, -0.2) is 0 Å². The minimum atomic E-state index is -0.335. The summed E-state index contributed by atoms with van der Waals surface area (Å²) in [6.45, 7) is 0.656. The molecule has 0 fully saturated rings. The maximum Gasteiger partial charge on any atom is 0.259 e. The number of hydrogen-bond donors (Lipinski definition) is 3. The first-order valence-corrected chi connectivity index (χ1v) is 6.93. The number of amides is 1. The van der Waals surface area contributed by atoms with Gasteiger partial charge < -0.3 is 15.7 Å². The third-order valence-corrected chi connectivity index (χ3v) is 3.33. The molecule has 3 N–H and O–H groups in total. The summed E-state index contributed by atoms with van der Waals surface area (Å²) < 4.78 is 0.724. The number of hydrogen-bond acceptors (Lipinski definition) is 3. The Kier molecular flexibility index (Phi) is 4.76. The van der Waals surface area contributed by atoms with Gasteiger partial charge in [0.1, 0.15) is 5.75 Å². The van der Waals surface area contributed by atoms with Crippen LogP contribution in [0.25, 0.3) is 0 Å². The van der Waals surface area contributed by atoms with Gasteiger partial charge in [-0.15, -0.1) is 0 Å². The van der Waals surface area contributed by atoms with Gasteiger partial charge in [0.15, 0.2) is 0 Å².